The second-order valence-corrected chi connectivity index (χ2v) is 6.09. The van der Waals surface area contributed by atoms with Crippen LogP contribution in [0.25, 0.3) is 0 Å². The van der Waals surface area contributed by atoms with Crippen LogP contribution in [0, 0.1) is 0 Å². The molecule has 1 N–H and O–H groups in total. The minimum absolute atomic E-state index is 0.143. The van der Waals surface area contributed by atoms with Crippen molar-refractivity contribution in [3.05, 3.63) is 29.8 Å². The molecular formula is C15H21NO2S. The van der Waals surface area contributed by atoms with Gasteiger partial charge in [0.1, 0.15) is 0 Å². The van der Waals surface area contributed by atoms with Gasteiger partial charge < -0.3 is 10.0 Å². The molecule has 3 nitrogen and oxygen atoms in total. The summed E-state index contributed by atoms with van der Waals surface area (Å²) in [5.41, 5.74) is 0.390. The summed E-state index contributed by atoms with van der Waals surface area (Å²) >= 11 is 4.23. The molecule has 0 aliphatic carbocycles. The van der Waals surface area contributed by atoms with Crippen LogP contribution in [0.3, 0.4) is 0 Å². The summed E-state index contributed by atoms with van der Waals surface area (Å²) in [6.07, 6.45) is 2.73. The lowest BCUT2D eigenvalue weighted by Crippen LogP contribution is -2.34. The molecule has 1 aromatic rings. The van der Waals surface area contributed by atoms with Crippen molar-refractivity contribution in [1.82, 2.24) is 4.90 Å². The van der Waals surface area contributed by atoms with E-state index in [0.717, 1.165) is 29.8 Å². The van der Waals surface area contributed by atoms with Crippen molar-refractivity contribution in [3.8, 4) is 0 Å². The second-order valence-electron chi connectivity index (χ2n) is 5.57. The lowest BCUT2D eigenvalue weighted by Gasteiger charge is -2.22. The van der Waals surface area contributed by atoms with Crippen LogP contribution in [0.1, 0.15) is 31.7 Å². The highest BCUT2D eigenvalue weighted by molar-refractivity contribution is 7.80. The Balaban J connectivity index is 1.94. The number of thiol groups is 1. The number of rotatable bonds is 2. The van der Waals surface area contributed by atoms with Gasteiger partial charge in [0.2, 0.25) is 5.91 Å². The standard InChI is InChI=1S/C15H21NO2S/c1-15(18)7-2-9-16(10-8-15)14(17)11-12-3-5-13(19)6-4-12/h3-6,18-19H,2,7-11H2,1H3. The Hall–Kier alpha value is -1.00. The third kappa shape index (κ3) is 4.25. The number of aliphatic hydroxyl groups is 1. The van der Waals surface area contributed by atoms with Gasteiger partial charge in [0.05, 0.1) is 12.0 Å². The fourth-order valence-corrected chi connectivity index (χ4v) is 2.56. The smallest absolute Gasteiger partial charge is 0.226 e. The molecular weight excluding hydrogens is 258 g/mol. The van der Waals surface area contributed by atoms with E-state index in [1.807, 2.05) is 36.1 Å². The van der Waals surface area contributed by atoms with Gasteiger partial charge in [0.25, 0.3) is 0 Å². The molecule has 19 heavy (non-hydrogen) atoms. The van der Waals surface area contributed by atoms with E-state index in [1.54, 1.807) is 0 Å². The quantitative estimate of drug-likeness (QED) is 0.815. The monoisotopic (exact) mass is 279 g/mol. The average Bonchev–Trinajstić information content (AvgIpc) is 2.53. The summed E-state index contributed by atoms with van der Waals surface area (Å²) in [5.74, 6) is 0.143. The van der Waals surface area contributed by atoms with E-state index in [2.05, 4.69) is 12.6 Å². The minimum atomic E-state index is -0.622. The van der Waals surface area contributed by atoms with Crippen molar-refractivity contribution in [2.75, 3.05) is 13.1 Å². The molecule has 1 heterocycles. The molecule has 2 rings (SSSR count). The van der Waals surface area contributed by atoms with Gasteiger partial charge in [-0.05, 0) is 43.9 Å². The van der Waals surface area contributed by atoms with Crippen molar-refractivity contribution in [2.24, 2.45) is 0 Å². The zero-order chi connectivity index (χ0) is 13.9. The van der Waals surface area contributed by atoms with Crippen LogP contribution in [0.15, 0.2) is 29.2 Å². The molecule has 1 aliphatic heterocycles. The number of carbonyl (C=O) groups is 1. The van der Waals surface area contributed by atoms with E-state index >= 15 is 0 Å². The summed E-state index contributed by atoms with van der Waals surface area (Å²) in [6, 6.07) is 7.68. The Morgan fingerprint density at radius 1 is 1.32 bits per heavy atom. The summed E-state index contributed by atoms with van der Waals surface area (Å²) in [7, 11) is 0. The molecule has 0 radical (unpaired) electrons. The number of benzene rings is 1. The largest absolute Gasteiger partial charge is 0.390 e. The lowest BCUT2D eigenvalue weighted by atomic mass is 9.98. The minimum Gasteiger partial charge on any atom is -0.390 e. The van der Waals surface area contributed by atoms with E-state index < -0.39 is 5.60 Å². The fourth-order valence-electron chi connectivity index (χ4n) is 2.41. The first-order chi connectivity index (χ1) is 8.96. The van der Waals surface area contributed by atoms with E-state index in [-0.39, 0.29) is 5.91 Å². The van der Waals surface area contributed by atoms with Crippen molar-refractivity contribution in [1.29, 1.82) is 0 Å². The topological polar surface area (TPSA) is 40.5 Å². The van der Waals surface area contributed by atoms with Crippen LogP contribution < -0.4 is 0 Å². The van der Waals surface area contributed by atoms with Gasteiger partial charge in [-0.2, -0.15) is 0 Å². The van der Waals surface area contributed by atoms with Gasteiger partial charge in [-0.3, -0.25) is 4.79 Å². The highest BCUT2D eigenvalue weighted by Crippen LogP contribution is 2.21. The van der Waals surface area contributed by atoms with E-state index in [1.165, 1.54) is 0 Å². The molecule has 4 heteroatoms. The molecule has 0 spiro atoms. The van der Waals surface area contributed by atoms with Crippen LogP contribution in [0.5, 0.6) is 0 Å². The third-order valence-corrected chi connectivity index (χ3v) is 4.01. The number of carbonyl (C=O) groups excluding carboxylic acids is 1. The van der Waals surface area contributed by atoms with E-state index in [0.29, 0.717) is 19.4 Å². The second kappa shape index (κ2) is 5.97. The Labute approximate surface area is 120 Å². The van der Waals surface area contributed by atoms with Gasteiger partial charge >= 0.3 is 0 Å². The summed E-state index contributed by atoms with van der Waals surface area (Å²) in [6.45, 7) is 3.25. The van der Waals surface area contributed by atoms with Gasteiger partial charge in [-0.1, -0.05) is 12.1 Å². The van der Waals surface area contributed by atoms with Crippen molar-refractivity contribution in [3.63, 3.8) is 0 Å². The maximum atomic E-state index is 12.2. The third-order valence-electron chi connectivity index (χ3n) is 3.71. The molecule has 1 atom stereocenters. The first-order valence-electron chi connectivity index (χ1n) is 6.74. The molecule has 1 aliphatic rings. The van der Waals surface area contributed by atoms with Crippen molar-refractivity contribution in [2.45, 2.75) is 43.1 Å². The van der Waals surface area contributed by atoms with Crippen LogP contribution in [-0.4, -0.2) is 34.6 Å². The summed E-state index contributed by atoms with van der Waals surface area (Å²) in [5, 5.41) is 10.0. The SMILES string of the molecule is CC1(O)CCCN(C(=O)Cc2ccc(S)cc2)CC1. The Bertz CT molecular complexity index is 442. The predicted molar refractivity (Wildman–Crippen MR) is 78.5 cm³/mol. The zero-order valence-electron chi connectivity index (χ0n) is 11.3. The lowest BCUT2D eigenvalue weighted by molar-refractivity contribution is -0.130. The molecule has 0 saturated carbocycles. The Morgan fingerprint density at radius 3 is 2.68 bits per heavy atom. The van der Waals surface area contributed by atoms with E-state index in [9.17, 15) is 9.90 Å². The first-order valence-corrected chi connectivity index (χ1v) is 7.19. The highest BCUT2D eigenvalue weighted by atomic mass is 32.1. The molecule has 0 bridgehead atoms. The van der Waals surface area contributed by atoms with Crippen LogP contribution in [-0.2, 0) is 11.2 Å². The first kappa shape index (κ1) is 14.4. The van der Waals surface area contributed by atoms with Crippen molar-refractivity contribution < 1.29 is 9.90 Å². The summed E-state index contributed by atoms with van der Waals surface area (Å²) < 4.78 is 0. The summed E-state index contributed by atoms with van der Waals surface area (Å²) in [4.78, 5) is 15.0. The van der Waals surface area contributed by atoms with Gasteiger partial charge in [-0.25, -0.2) is 0 Å². The van der Waals surface area contributed by atoms with Crippen LogP contribution >= 0.6 is 12.6 Å². The number of hydrogen-bond donors (Lipinski definition) is 2. The number of likely N-dealkylation sites (tertiary alicyclic amines) is 1. The Kier molecular flexibility index (Phi) is 4.53. The zero-order valence-corrected chi connectivity index (χ0v) is 12.2. The molecule has 104 valence electrons. The molecule has 1 saturated heterocycles. The Morgan fingerprint density at radius 2 is 2.00 bits per heavy atom. The van der Waals surface area contributed by atoms with Crippen molar-refractivity contribution >= 4 is 18.5 Å². The fraction of sp³-hybridized carbons (Fsp3) is 0.533. The highest BCUT2D eigenvalue weighted by Gasteiger charge is 2.26. The normalized spacial score (nSPS) is 24.1. The van der Waals surface area contributed by atoms with E-state index in [4.69, 9.17) is 0 Å². The number of nitrogens with zero attached hydrogens (tertiary/aromatic N) is 1. The average molecular weight is 279 g/mol. The molecule has 1 amide bonds. The molecule has 0 aromatic heterocycles. The van der Waals surface area contributed by atoms with Crippen LogP contribution in [0.2, 0.25) is 0 Å². The maximum absolute atomic E-state index is 12.2. The van der Waals surface area contributed by atoms with Gasteiger partial charge in [0.15, 0.2) is 0 Å². The predicted octanol–water partition coefficient (Wildman–Crippen LogP) is 2.28. The number of amides is 1. The maximum Gasteiger partial charge on any atom is 0.226 e. The molecule has 1 fully saturated rings. The molecule has 1 unspecified atom stereocenters. The van der Waals surface area contributed by atoms with Crippen LogP contribution in [0.4, 0.5) is 0 Å². The molecule has 1 aromatic carbocycles. The van der Waals surface area contributed by atoms with Gasteiger partial charge in [0, 0.05) is 18.0 Å². The number of hydrogen-bond acceptors (Lipinski definition) is 3. The van der Waals surface area contributed by atoms with Gasteiger partial charge in [-0.15, -0.1) is 12.6 Å².